The monoisotopic (exact) mass is 333 g/mol. The number of hydrogen-bond donors (Lipinski definition) is 1. The quantitative estimate of drug-likeness (QED) is 0.613. The van der Waals surface area contributed by atoms with Gasteiger partial charge < -0.3 is 10.1 Å². The Bertz CT molecular complexity index is 368. The highest BCUT2D eigenvalue weighted by Gasteiger charge is 2.02. The number of hydrogen-bond acceptors (Lipinski definition) is 2. The van der Waals surface area contributed by atoms with Crippen LogP contribution in [0.15, 0.2) is 24.3 Å². The number of amides is 1. The third kappa shape index (κ3) is 6.87. The van der Waals surface area contributed by atoms with Gasteiger partial charge in [-0.15, -0.1) is 0 Å². The van der Waals surface area contributed by atoms with Crippen LogP contribution in [0.5, 0.6) is 5.75 Å². The van der Waals surface area contributed by atoms with Gasteiger partial charge >= 0.3 is 0 Å². The van der Waals surface area contributed by atoms with Gasteiger partial charge in [0.1, 0.15) is 5.75 Å². The average Bonchev–Trinajstić information content (AvgIpc) is 2.34. The van der Waals surface area contributed by atoms with Crippen LogP contribution in [0, 0.1) is 0 Å². The van der Waals surface area contributed by atoms with E-state index in [1.165, 1.54) is 0 Å². The molecule has 0 aliphatic carbocycles. The Hall–Kier alpha value is -0.740. The van der Waals surface area contributed by atoms with Crippen LogP contribution in [0.2, 0.25) is 5.02 Å². The number of nitrogens with one attached hydrogen (secondary N) is 1. The summed E-state index contributed by atoms with van der Waals surface area (Å²) in [4.78, 5) is 11.9. The standard InChI is InChI=1S/C13H17BrClNO2/c1-10(14)3-2-8-16-13(17)9-18-12-6-4-11(15)5-7-12/h4-7,10H,2-3,8-9H2,1H3,(H,16,17). The Labute approximate surface area is 121 Å². The zero-order valence-corrected chi connectivity index (χ0v) is 12.6. The van der Waals surface area contributed by atoms with Crippen molar-refractivity contribution >= 4 is 33.4 Å². The summed E-state index contributed by atoms with van der Waals surface area (Å²) in [6.07, 6.45) is 2.00. The molecule has 0 saturated carbocycles. The molecule has 0 aliphatic heterocycles. The molecule has 1 unspecified atom stereocenters. The van der Waals surface area contributed by atoms with Gasteiger partial charge in [0.05, 0.1) is 0 Å². The maximum atomic E-state index is 11.5. The fourth-order valence-corrected chi connectivity index (χ4v) is 1.79. The van der Waals surface area contributed by atoms with Gasteiger partial charge in [0.2, 0.25) is 0 Å². The van der Waals surface area contributed by atoms with E-state index in [2.05, 4.69) is 28.2 Å². The molecule has 0 bridgehead atoms. The first-order chi connectivity index (χ1) is 8.58. The Kier molecular flexibility index (Phi) is 7.13. The molecule has 1 atom stereocenters. The van der Waals surface area contributed by atoms with Crippen molar-refractivity contribution in [2.24, 2.45) is 0 Å². The molecule has 0 fully saturated rings. The van der Waals surface area contributed by atoms with Crippen LogP contribution in [-0.4, -0.2) is 23.9 Å². The largest absolute Gasteiger partial charge is 0.484 e. The third-order valence-corrected chi connectivity index (χ3v) is 2.99. The summed E-state index contributed by atoms with van der Waals surface area (Å²) in [5.74, 6) is 0.538. The minimum Gasteiger partial charge on any atom is -0.484 e. The van der Waals surface area contributed by atoms with E-state index < -0.39 is 0 Å². The van der Waals surface area contributed by atoms with Crippen molar-refractivity contribution < 1.29 is 9.53 Å². The smallest absolute Gasteiger partial charge is 0.257 e. The molecule has 5 heteroatoms. The SMILES string of the molecule is CC(Br)CCCNC(=O)COc1ccc(Cl)cc1. The molecule has 0 aromatic heterocycles. The van der Waals surface area contributed by atoms with Gasteiger partial charge in [0.25, 0.3) is 5.91 Å². The molecule has 0 aliphatic rings. The van der Waals surface area contributed by atoms with Crippen molar-refractivity contribution in [3.8, 4) is 5.75 Å². The van der Waals surface area contributed by atoms with Crippen molar-refractivity contribution in [1.29, 1.82) is 0 Å². The van der Waals surface area contributed by atoms with Crippen molar-refractivity contribution in [2.45, 2.75) is 24.6 Å². The van der Waals surface area contributed by atoms with E-state index in [0.717, 1.165) is 12.8 Å². The summed E-state index contributed by atoms with van der Waals surface area (Å²) in [5, 5.41) is 3.46. The highest BCUT2D eigenvalue weighted by Crippen LogP contribution is 2.15. The van der Waals surface area contributed by atoms with Crippen molar-refractivity contribution in [1.82, 2.24) is 5.32 Å². The number of carbonyl (C=O) groups excluding carboxylic acids is 1. The van der Waals surface area contributed by atoms with E-state index in [1.54, 1.807) is 24.3 Å². The summed E-state index contributed by atoms with van der Waals surface area (Å²) in [6, 6.07) is 6.93. The fraction of sp³-hybridized carbons (Fsp3) is 0.462. The second-order valence-corrected chi connectivity index (χ2v) is 6.02. The molecule has 1 N–H and O–H groups in total. The molecule has 1 aromatic carbocycles. The van der Waals surface area contributed by atoms with E-state index in [-0.39, 0.29) is 12.5 Å². The normalized spacial score (nSPS) is 11.9. The Balaban J connectivity index is 2.15. The summed E-state index contributed by atoms with van der Waals surface area (Å²) >= 11 is 9.21. The average molecular weight is 335 g/mol. The number of alkyl halides is 1. The lowest BCUT2D eigenvalue weighted by molar-refractivity contribution is -0.123. The van der Waals surface area contributed by atoms with Gasteiger partial charge in [-0.2, -0.15) is 0 Å². The second kappa shape index (κ2) is 8.38. The lowest BCUT2D eigenvalue weighted by Crippen LogP contribution is -2.29. The summed E-state index contributed by atoms with van der Waals surface area (Å²) < 4.78 is 5.32. The van der Waals surface area contributed by atoms with Crippen LogP contribution in [0.4, 0.5) is 0 Å². The van der Waals surface area contributed by atoms with Gasteiger partial charge in [-0.05, 0) is 37.1 Å². The Morgan fingerprint density at radius 3 is 2.72 bits per heavy atom. The minimum atomic E-state index is -0.104. The first-order valence-electron chi connectivity index (χ1n) is 5.87. The molecule has 1 aromatic rings. The summed E-state index contributed by atoms with van der Waals surface area (Å²) in [6.45, 7) is 2.80. The van der Waals surface area contributed by atoms with Gasteiger partial charge in [-0.25, -0.2) is 0 Å². The molecule has 100 valence electrons. The van der Waals surface area contributed by atoms with Crippen LogP contribution in [0.3, 0.4) is 0 Å². The van der Waals surface area contributed by atoms with Crippen molar-refractivity contribution in [3.63, 3.8) is 0 Å². The molecular formula is C13H17BrClNO2. The van der Waals surface area contributed by atoms with Crippen LogP contribution < -0.4 is 10.1 Å². The maximum Gasteiger partial charge on any atom is 0.257 e. The molecule has 18 heavy (non-hydrogen) atoms. The van der Waals surface area contributed by atoms with Crippen LogP contribution in [-0.2, 0) is 4.79 Å². The number of rotatable bonds is 7. The third-order valence-electron chi connectivity index (χ3n) is 2.28. The van der Waals surface area contributed by atoms with Crippen LogP contribution in [0.25, 0.3) is 0 Å². The maximum absolute atomic E-state index is 11.5. The number of halogens is 2. The fourth-order valence-electron chi connectivity index (χ4n) is 1.34. The number of carbonyl (C=O) groups is 1. The van der Waals surface area contributed by atoms with E-state index in [9.17, 15) is 4.79 Å². The lowest BCUT2D eigenvalue weighted by Gasteiger charge is -2.08. The van der Waals surface area contributed by atoms with Crippen molar-refractivity contribution in [3.05, 3.63) is 29.3 Å². The first kappa shape index (κ1) is 15.3. The zero-order chi connectivity index (χ0) is 13.4. The van der Waals surface area contributed by atoms with Gasteiger partial charge in [0.15, 0.2) is 6.61 Å². The van der Waals surface area contributed by atoms with E-state index in [1.807, 2.05) is 0 Å². The highest BCUT2D eigenvalue weighted by atomic mass is 79.9. The first-order valence-corrected chi connectivity index (χ1v) is 7.16. The Morgan fingerprint density at radius 2 is 2.11 bits per heavy atom. The number of ether oxygens (including phenoxy) is 1. The van der Waals surface area contributed by atoms with Crippen LogP contribution >= 0.6 is 27.5 Å². The summed E-state index contributed by atoms with van der Waals surface area (Å²) in [7, 11) is 0. The van der Waals surface area contributed by atoms with Gasteiger partial charge in [-0.1, -0.05) is 34.5 Å². The predicted octanol–water partition coefficient (Wildman–Crippen LogP) is 3.40. The molecular weight excluding hydrogens is 318 g/mol. The zero-order valence-electron chi connectivity index (χ0n) is 10.3. The van der Waals surface area contributed by atoms with E-state index in [0.29, 0.717) is 22.1 Å². The molecule has 3 nitrogen and oxygen atoms in total. The molecule has 0 spiro atoms. The topological polar surface area (TPSA) is 38.3 Å². The Morgan fingerprint density at radius 1 is 1.44 bits per heavy atom. The molecule has 0 saturated heterocycles. The second-order valence-electron chi connectivity index (χ2n) is 4.02. The van der Waals surface area contributed by atoms with Gasteiger partial charge in [0, 0.05) is 16.4 Å². The number of benzene rings is 1. The van der Waals surface area contributed by atoms with Crippen molar-refractivity contribution in [2.75, 3.05) is 13.2 Å². The van der Waals surface area contributed by atoms with Crippen LogP contribution in [0.1, 0.15) is 19.8 Å². The molecule has 0 heterocycles. The van der Waals surface area contributed by atoms with E-state index in [4.69, 9.17) is 16.3 Å². The molecule has 1 rings (SSSR count). The summed E-state index contributed by atoms with van der Waals surface area (Å²) in [5.41, 5.74) is 0. The van der Waals surface area contributed by atoms with Gasteiger partial charge in [-0.3, -0.25) is 4.79 Å². The lowest BCUT2D eigenvalue weighted by atomic mass is 10.2. The minimum absolute atomic E-state index is 0.0332. The molecule has 0 radical (unpaired) electrons. The van der Waals surface area contributed by atoms with E-state index >= 15 is 0 Å². The predicted molar refractivity (Wildman–Crippen MR) is 77.6 cm³/mol. The highest BCUT2D eigenvalue weighted by molar-refractivity contribution is 9.09. The molecule has 1 amide bonds.